The summed E-state index contributed by atoms with van der Waals surface area (Å²) in [6.45, 7) is 0.0291. The molecule has 25 heavy (non-hydrogen) atoms. The Bertz CT molecular complexity index is 890. The van der Waals surface area contributed by atoms with Crippen molar-refractivity contribution in [2.75, 3.05) is 11.5 Å². The van der Waals surface area contributed by atoms with Gasteiger partial charge in [-0.2, -0.15) is 0 Å². The standard InChI is InChI=1S/C19H13ClFNO3/c20-12-3-1-11(2-4-12)15-9-17(23)22(14-7-5-13(21)6-8-14)16-10-25-19(24)18(15)16/h1-8,15H,9-10H2/t15-/m1/s1. The fourth-order valence-corrected chi connectivity index (χ4v) is 3.45. The first-order chi connectivity index (χ1) is 12.0. The number of hydrogen-bond acceptors (Lipinski definition) is 3. The summed E-state index contributed by atoms with van der Waals surface area (Å²) in [6.07, 6.45) is 0.132. The van der Waals surface area contributed by atoms with E-state index in [-0.39, 0.29) is 30.7 Å². The number of anilines is 1. The zero-order valence-electron chi connectivity index (χ0n) is 13.0. The van der Waals surface area contributed by atoms with Gasteiger partial charge in [0.2, 0.25) is 5.91 Å². The number of halogens is 2. The average molecular weight is 358 g/mol. The molecule has 0 saturated carbocycles. The highest BCUT2D eigenvalue weighted by Gasteiger charge is 2.42. The number of carbonyl (C=O) groups excluding carboxylic acids is 2. The van der Waals surface area contributed by atoms with Crippen LogP contribution >= 0.6 is 11.6 Å². The number of amides is 1. The van der Waals surface area contributed by atoms with E-state index in [4.69, 9.17) is 16.3 Å². The van der Waals surface area contributed by atoms with Gasteiger partial charge in [0, 0.05) is 23.0 Å². The van der Waals surface area contributed by atoms with Gasteiger partial charge in [-0.25, -0.2) is 9.18 Å². The van der Waals surface area contributed by atoms with Crippen LogP contribution in [0, 0.1) is 5.82 Å². The maximum absolute atomic E-state index is 13.2. The Balaban J connectivity index is 1.81. The van der Waals surface area contributed by atoms with Gasteiger partial charge in [0.25, 0.3) is 0 Å². The van der Waals surface area contributed by atoms with Crippen molar-refractivity contribution >= 4 is 29.2 Å². The first kappa shape index (κ1) is 15.8. The Labute approximate surface area is 148 Å². The summed E-state index contributed by atoms with van der Waals surface area (Å²) in [5.74, 6) is -1.34. The molecule has 0 saturated heterocycles. The summed E-state index contributed by atoms with van der Waals surface area (Å²) < 4.78 is 18.4. The molecule has 2 aromatic rings. The van der Waals surface area contributed by atoms with E-state index in [1.807, 2.05) is 12.1 Å². The maximum Gasteiger partial charge on any atom is 0.336 e. The lowest BCUT2D eigenvalue weighted by Crippen LogP contribution is -2.37. The lowest BCUT2D eigenvalue weighted by molar-refractivity contribution is -0.136. The molecule has 0 fully saturated rings. The predicted octanol–water partition coefficient (Wildman–Crippen LogP) is 3.81. The van der Waals surface area contributed by atoms with E-state index in [1.54, 1.807) is 12.1 Å². The topological polar surface area (TPSA) is 46.6 Å². The molecule has 1 amide bonds. The first-order valence-corrected chi connectivity index (χ1v) is 8.16. The predicted molar refractivity (Wildman–Crippen MR) is 90.7 cm³/mol. The number of esters is 1. The van der Waals surface area contributed by atoms with Crippen molar-refractivity contribution in [3.63, 3.8) is 0 Å². The molecule has 4 nitrogen and oxygen atoms in total. The summed E-state index contributed by atoms with van der Waals surface area (Å²) in [4.78, 5) is 26.5. The number of hydrogen-bond donors (Lipinski definition) is 0. The minimum absolute atomic E-state index is 0.0291. The molecule has 0 bridgehead atoms. The molecule has 2 aromatic carbocycles. The molecule has 0 N–H and O–H groups in total. The Hall–Kier alpha value is -2.66. The first-order valence-electron chi connectivity index (χ1n) is 7.79. The third kappa shape index (κ3) is 2.70. The van der Waals surface area contributed by atoms with E-state index in [9.17, 15) is 14.0 Å². The van der Waals surface area contributed by atoms with Gasteiger partial charge in [-0.1, -0.05) is 23.7 Å². The van der Waals surface area contributed by atoms with Crippen LogP contribution in [-0.4, -0.2) is 18.5 Å². The Kier molecular flexibility index (Phi) is 3.81. The molecule has 0 unspecified atom stereocenters. The van der Waals surface area contributed by atoms with E-state index in [1.165, 1.54) is 29.2 Å². The summed E-state index contributed by atoms with van der Waals surface area (Å²) in [6, 6.07) is 12.7. The van der Waals surface area contributed by atoms with Crippen LogP contribution in [0.4, 0.5) is 10.1 Å². The number of benzene rings is 2. The third-order valence-corrected chi connectivity index (χ3v) is 4.73. The van der Waals surface area contributed by atoms with Crippen LogP contribution in [0.3, 0.4) is 0 Å². The highest BCUT2D eigenvalue weighted by atomic mass is 35.5. The number of rotatable bonds is 2. The van der Waals surface area contributed by atoms with Gasteiger partial charge >= 0.3 is 5.97 Å². The second-order valence-electron chi connectivity index (χ2n) is 5.95. The monoisotopic (exact) mass is 357 g/mol. The van der Waals surface area contributed by atoms with E-state index in [2.05, 4.69) is 0 Å². The van der Waals surface area contributed by atoms with Crippen molar-refractivity contribution in [2.24, 2.45) is 0 Å². The number of cyclic esters (lactones) is 1. The molecule has 0 aliphatic carbocycles. The second kappa shape index (κ2) is 6.01. The lowest BCUT2D eigenvalue weighted by atomic mass is 9.84. The van der Waals surface area contributed by atoms with Crippen molar-refractivity contribution in [3.8, 4) is 0 Å². The fraction of sp³-hybridized carbons (Fsp3) is 0.158. The van der Waals surface area contributed by atoms with Gasteiger partial charge < -0.3 is 4.74 Å². The van der Waals surface area contributed by atoms with Crippen LogP contribution in [0.2, 0.25) is 5.02 Å². The van der Waals surface area contributed by atoms with Gasteiger partial charge in [-0.05, 0) is 42.0 Å². The van der Waals surface area contributed by atoms with Gasteiger partial charge in [-0.15, -0.1) is 0 Å². The van der Waals surface area contributed by atoms with Crippen molar-refractivity contribution in [1.82, 2.24) is 0 Å². The van der Waals surface area contributed by atoms with E-state index in [0.717, 1.165) is 5.56 Å². The average Bonchev–Trinajstić information content (AvgIpc) is 2.98. The summed E-state index contributed by atoms with van der Waals surface area (Å²) >= 11 is 5.93. The molecular weight excluding hydrogens is 345 g/mol. The molecule has 0 aromatic heterocycles. The fourth-order valence-electron chi connectivity index (χ4n) is 3.32. The van der Waals surface area contributed by atoms with E-state index < -0.39 is 5.97 Å². The highest BCUT2D eigenvalue weighted by Crippen LogP contribution is 2.41. The maximum atomic E-state index is 13.2. The van der Waals surface area contributed by atoms with Crippen LogP contribution in [0.25, 0.3) is 0 Å². The molecule has 2 aliphatic heterocycles. The largest absolute Gasteiger partial charge is 0.456 e. The van der Waals surface area contributed by atoms with Gasteiger partial charge in [-0.3, -0.25) is 9.69 Å². The Morgan fingerprint density at radius 2 is 1.72 bits per heavy atom. The van der Waals surface area contributed by atoms with Crippen molar-refractivity contribution < 1.29 is 18.7 Å². The Morgan fingerprint density at radius 3 is 2.40 bits per heavy atom. The minimum Gasteiger partial charge on any atom is -0.456 e. The molecule has 2 heterocycles. The minimum atomic E-state index is -0.422. The van der Waals surface area contributed by atoms with Crippen LogP contribution in [-0.2, 0) is 14.3 Å². The lowest BCUT2D eigenvalue weighted by Gasteiger charge is -2.31. The molecule has 6 heteroatoms. The molecule has 0 spiro atoms. The Morgan fingerprint density at radius 1 is 1.04 bits per heavy atom. The number of ether oxygens (including phenoxy) is 1. The van der Waals surface area contributed by atoms with Crippen LogP contribution < -0.4 is 4.90 Å². The highest BCUT2D eigenvalue weighted by molar-refractivity contribution is 6.30. The van der Waals surface area contributed by atoms with Gasteiger partial charge in [0.05, 0.1) is 11.3 Å². The zero-order valence-corrected chi connectivity index (χ0v) is 13.8. The SMILES string of the molecule is O=C1OCC2=C1[C@@H](c1ccc(Cl)cc1)CC(=O)N2c1ccc(F)cc1. The molecule has 126 valence electrons. The smallest absolute Gasteiger partial charge is 0.336 e. The van der Waals surface area contributed by atoms with Crippen LogP contribution in [0.15, 0.2) is 59.8 Å². The quantitative estimate of drug-likeness (QED) is 0.768. The molecular formula is C19H13ClFNO3. The molecule has 2 aliphatic rings. The summed E-state index contributed by atoms with van der Waals surface area (Å²) in [7, 11) is 0. The zero-order chi connectivity index (χ0) is 17.6. The van der Waals surface area contributed by atoms with Gasteiger partial charge in [0.15, 0.2) is 0 Å². The van der Waals surface area contributed by atoms with Crippen molar-refractivity contribution in [2.45, 2.75) is 12.3 Å². The molecule has 4 rings (SSSR count). The number of nitrogens with zero attached hydrogens (tertiary/aromatic N) is 1. The normalized spacial score (nSPS) is 19.9. The number of carbonyl (C=O) groups is 2. The van der Waals surface area contributed by atoms with Crippen molar-refractivity contribution in [1.29, 1.82) is 0 Å². The van der Waals surface area contributed by atoms with Crippen molar-refractivity contribution in [3.05, 3.63) is 76.2 Å². The second-order valence-corrected chi connectivity index (χ2v) is 6.39. The molecule has 0 radical (unpaired) electrons. The third-order valence-electron chi connectivity index (χ3n) is 4.47. The summed E-state index contributed by atoms with van der Waals surface area (Å²) in [5, 5.41) is 0.585. The van der Waals surface area contributed by atoms with Crippen LogP contribution in [0.1, 0.15) is 17.9 Å². The molecule has 1 atom stereocenters. The summed E-state index contributed by atoms with van der Waals surface area (Å²) in [5.41, 5.74) is 2.36. The van der Waals surface area contributed by atoms with Crippen LogP contribution in [0.5, 0.6) is 0 Å². The van der Waals surface area contributed by atoms with E-state index >= 15 is 0 Å². The van der Waals surface area contributed by atoms with E-state index in [0.29, 0.717) is 22.0 Å². The van der Waals surface area contributed by atoms with Gasteiger partial charge in [0.1, 0.15) is 12.4 Å².